The van der Waals surface area contributed by atoms with Gasteiger partial charge in [-0.25, -0.2) is 0 Å². The van der Waals surface area contributed by atoms with Crippen LogP contribution in [0.5, 0.6) is 0 Å². The van der Waals surface area contributed by atoms with Crippen molar-refractivity contribution in [1.29, 1.82) is 0 Å². The molecular weight excluding hydrogens is 157 g/mol. The maximum absolute atomic E-state index is 5.44. The van der Waals surface area contributed by atoms with Crippen LogP contribution in [0.4, 0.5) is 0 Å². The number of thiocarbonyl (C=S) groups is 1. The Kier molecular flexibility index (Phi) is 2.54. The molecule has 58 valence electrons. The van der Waals surface area contributed by atoms with Gasteiger partial charge >= 0.3 is 0 Å². The van der Waals surface area contributed by atoms with Crippen molar-refractivity contribution in [3.63, 3.8) is 0 Å². The number of nitrogens with zero attached hydrogens (tertiary/aromatic N) is 1. The van der Waals surface area contributed by atoms with Gasteiger partial charge in [0.25, 0.3) is 0 Å². The molecule has 1 heterocycles. The van der Waals surface area contributed by atoms with Gasteiger partial charge in [0.05, 0.1) is 0 Å². The van der Waals surface area contributed by atoms with Gasteiger partial charge in [-0.1, -0.05) is 19.1 Å². The van der Waals surface area contributed by atoms with E-state index in [2.05, 4.69) is 4.98 Å². The molecule has 0 atom stereocenters. The molecule has 1 aromatic heterocycles. The van der Waals surface area contributed by atoms with Gasteiger partial charge in [-0.3, -0.25) is 4.98 Å². The number of hydrogen-bond donors (Lipinski definition) is 1. The Hall–Kier alpha value is -0.960. The highest BCUT2D eigenvalue weighted by Gasteiger charge is 1.96. The second kappa shape index (κ2) is 3.44. The summed E-state index contributed by atoms with van der Waals surface area (Å²) in [6.45, 7) is 2.05. The molecule has 2 N–H and O–H groups in total. The van der Waals surface area contributed by atoms with Crippen LogP contribution in [0.25, 0.3) is 0 Å². The van der Waals surface area contributed by atoms with Crippen molar-refractivity contribution in [1.82, 2.24) is 4.98 Å². The summed E-state index contributed by atoms with van der Waals surface area (Å²) in [5, 5.41) is 0. The Bertz CT molecular complexity index is 271. The number of aryl methyl sites for hydroxylation is 1. The van der Waals surface area contributed by atoms with Gasteiger partial charge in [-0.05, 0) is 18.6 Å². The van der Waals surface area contributed by atoms with Crippen molar-refractivity contribution in [2.24, 2.45) is 5.73 Å². The van der Waals surface area contributed by atoms with E-state index in [-0.39, 0.29) is 0 Å². The van der Waals surface area contributed by atoms with E-state index in [1.807, 2.05) is 19.1 Å². The maximum Gasteiger partial charge on any atom is 0.104 e. The first-order valence-electron chi connectivity index (χ1n) is 3.48. The molecular formula is C8H10N2S. The summed E-state index contributed by atoms with van der Waals surface area (Å²) < 4.78 is 0. The number of pyridine rings is 1. The second-order valence-electron chi connectivity index (χ2n) is 2.25. The minimum atomic E-state index is 0.433. The number of rotatable bonds is 2. The standard InChI is InChI=1S/C8H10N2S/c1-2-7-5-6(8(9)11)3-4-10-7/h3-5H,2H2,1H3,(H2,9,11)/i9+1. The molecule has 0 aromatic carbocycles. The van der Waals surface area contributed by atoms with Gasteiger partial charge in [-0.2, -0.15) is 0 Å². The van der Waals surface area contributed by atoms with Crippen LogP contribution in [0, 0.1) is 0 Å². The van der Waals surface area contributed by atoms with Crippen molar-refractivity contribution in [3.05, 3.63) is 29.6 Å². The fourth-order valence-electron chi connectivity index (χ4n) is 0.825. The lowest BCUT2D eigenvalue weighted by Gasteiger charge is -1.99. The Balaban J connectivity index is 3.01. The van der Waals surface area contributed by atoms with E-state index in [4.69, 9.17) is 18.0 Å². The molecule has 0 aliphatic rings. The second-order valence-corrected chi connectivity index (χ2v) is 2.69. The predicted molar refractivity (Wildman–Crippen MR) is 49.5 cm³/mol. The van der Waals surface area contributed by atoms with E-state index in [1.54, 1.807) is 6.20 Å². The summed E-state index contributed by atoms with van der Waals surface area (Å²) in [6.07, 6.45) is 2.64. The molecule has 0 spiro atoms. The Morgan fingerprint density at radius 1 is 1.73 bits per heavy atom. The highest BCUT2D eigenvalue weighted by molar-refractivity contribution is 7.80. The Morgan fingerprint density at radius 2 is 2.45 bits per heavy atom. The molecule has 1 rings (SSSR count). The molecule has 11 heavy (non-hydrogen) atoms. The summed E-state index contributed by atoms with van der Waals surface area (Å²) in [4.78, 5) is 4.56. The molecule has 0 bridgehead atoms. The Labute approximate surface area is 71.4 Å². The third-order valence-corrected chi connectivity index (χ3v) is 1.70. The molecule has 0 unspecified atom stereocenters. The maximum atomic E-state index is 5.44. The zero-order valence-electron chi connectivity index (χ0n) is 6.37. The van der Waals surface area contributed by atoms with E-state index in [1.165, 1.54) is 0 Å². The molecule has 3 heteroatoms. The van der Waals surface area contributed by atoms with Crippen LogP contribution >= 0.6 is 12.2 Å². The van der Waals surface area contributed by atoms with Crippen LogP contribution in [-0.4, -0.2) is 9.97 Å². The first-order valence-corrected chi connectivity index (χ1v) is 3.89. The lowest BCUT2D eigenvalue weighted by atomic mass is 10.2. The molecule has 0 saturated carbocycles. The Morgan fingerprint density at radius 3 is 3.00 bits per heavy atom. The molecule has 0 fully saturated rings. The molecule has 0 radical (unpaired) electrons. The zero-order chi connectivity index (χ0) is 8.27. The van der Waals surface area contributed by atoms with Gasteiger partial charge in [-0.15, -0.1) is 0 Å². The summed E-state index contributed by atoms with van der Waals surface area (Å²) >= 11 is 4.82. The van der Waals surface area contributed by atoms with Crippen molar-refractivity contribution >= 4 is 17.2 Å². The summed E-state index contributed by atoms with van der Waals surface area (Å²) in [5.74, 6) is 0. The zero-order valence-corrected chi connectivity index (χ0v) is 7.19. The third-order valence-electron chi connectivity index (χ3n) is 1.46. The molecule has 0 amide bonds. The molecule has 0 aliphatic carbocycles. The van der Waals surface area contributed by atoms with E-state index in [0.717, 1.165) is 17.7 Å². The van der Waals surface area contributed by atoms with Gasteiger partial charge in [0.15, 0.2) is 0 Å². The van der Waals surface area contributed by atoms with Gasteiger partial charge in [0.1, 0.15) is 4.99 Å². The average Bonchev–Trinajstić information content (AvgIpc) is 2.05. The van der Waals surface area contributed by atoms with Crippen LogP contribution in [0.15, 0.2) is 18.3 Å². The smallest absolute Gasteiger partial charge is 0.104 e. The molecule has 0 aliphatic heterocycles. The van der Waals surface area contributed by atoms with Crippen LogP contribution < -0.4 is 5.73 Å². The number of nitrogens with two attached hydrogens (primary N) is 1. The lowest BCUT2D eigenvalue weighted by Crippen LogP contribution is -2.09. The summed E-state index contributed by atoms with van der Waals surface area (Å²) in [6, 6.07) is 3.74. The van der Waals surface area contributed by atoms with Crippen molar-refractivity contribution < 1.29 is 0 Å². The summed E-state index contributed by atoms with van der Waals surface area (Å²) in [5.41, 5.74) is 7.36. The highest BCUT2D eigenvalue weighted by Crippen LogP contribution is 2.01. The molecule has 0 saturated heterocycles. The SMILES string of the molecule is CCc1cc(C([15NH2])=S)ccn1. The topological polar surface area (TPSA) is 38.9 Å². The van der Waals surface area contributed by atoms with E-state index >= 15 is 0 Å². The van der Waals surface area contributed by atoms with Gasteiger partial charge in [0.2, 0.25) is 0 Å². The van der Waals surface area contributed by atoms with E-state index in [9.17, 15) is 0 Å². The van der Waals surface area contributed by atoms with Crippen molar-refractivity contribution in [2.75, 3.05) is 0 Å². The minimum absolute atomic E-state index is 0.433. The fraction of sp³-hybridized carbons (Fsp3) is 0.250. The predicted octanol–water partition coefficient (Wildman–Crippen LogP) is 1.28. The van der Waals surface area contributed by atoms with E-state index in [0.29, 0.717) is 4.99 Å². The molecule has 2 nitrogen and oxygen atoms in total. The van der Waals surface area contributed by atoms with Crippen LogP contribution in [0.2, 0.25) is 0 Å². The van der Waals surface area contributed by atoms with Crippen molar-refractivity contribution in [2.45, 2.75) is 13.3 Å². The average molecular weight is 167 g/mol. The fourth-order valence-corrected chi connectivity index (χ4v) is 0.952. The van der Waals surface area contributed by atoms with Gasteiger partial charge < -0.3 is 5.73 Å². The monoisotopic (exact) mass is 167 g/mol. The third kappa shape index (κ3) is 1.98. The van der Waals surface area contributed by atoms with Crippen LogP contribution in [-0.2, 0) is 6.42 Å². The largest absolute Gasteiger partial charge is 0.389 e. The lowest BCUT2D eigenvalue weighted by molar-refractivity contribution is 1.03. The van der Waals surface area contributed by atoms with Crippen LogP contribution in [0.3, 0.4) is 0 Å². The van der Waals surface area contributed by atoms with Crippen LogP contribution in [0.1, 0.15) is 18.2 Å². The first kappa shape index (κ1) is 8.14. The quantitative estimate of drug-likeness (QED) is 0.532. The molecule has 1 aromatic rings. The van der Waals surface area contributed by atoms with Gasteiger partial charge in [0, 0.05) is 17.5 Å². The number of hydrogen-bond acceptors (Lipinski definition) is 2. The normalized spacial score (nSPS) is 9.55. The minimum Gasteiger partial charge on any atom is -0.389 e. The number of aromatic nitrogens is 1. The van der Waals surface area contributed by atoms with E-state index < -0.39 is 0 Å². The highest BCUT2D eigenvalue weighted by atomic mass is 32.1. The summed E-state index contributed by atoms with van der Waals surface area (Å²) in [7, 11) is 0. The first-order chi connectivity index (χ1) is 5.24. The van der Waals surface area contributed by atoms with Crippen molar-refractivity contribution in [3.8, 4) is 0 Å².